The van der Waals surface area contributed by atoms with Gasteiger partial charge in [0.1, 0.15) is 18.7 Å². The van der Waals surface area contributed by atoms with E-state index in [2.05, 4.69) is 13.8 Å². The van der Waals surface area contributed by atoms with E-state index in [1.165, 1.54) is 6.07 Å². The van der Waals surface area contributed by atoms with Crippen LogP contribution in [0.15, 0.2) is 39.6 Å². The fraction of sp³-hybridized carbons (Fsp3) is 0.417. The molecule has 31 heavy (non-hydrogen) atoms. The normalized spacial score (nSPS) is 20.6. The number of rotatable bonds is 5. The van der Waals surface area contributed by atoms with E-state index in [0.717, 1.165) is 16.0 Å². The highest BCUT2D eigenvalue weighted by molar-refractivity contribution is 6.07. The number of carbonyl (C=O) groups is 3. The van der Waals surface area contributed by atoms with Gasteiger partial charge in [-0.25, -0.2) is 4.79 Å². The van der Waals surface area contributed by atoms with E-state index >= 15 is 0 Å². The van der Waals surface area contributed by atoms with E-state index in [0.29, 0.717) is 29.4 Å². The SMILES string of the molecule is Cc1cc2oc(=O)cc(COC(=O)CN3C(=O)[C@H]4CC=CC[C@H]4C3=O)c2cc1C(C)C. The van der Waals surface area contributed by atoms with E-state index < -0.39 is 18.1 Å². The monoisotopic (exact) mass is 423 g/mol. The Hall–Kier alpha value is -3.22. The first-order chi connectivity index (χ1) is 14.8. The lowest BCUT2D eigenvalue weighted by atomic mass is 9.85. The van der Waals surface area contributed by atoms with Crippen LogP contribution in [0.5, 0.6) is 0 Å². The molecule has 162 valence electrons. The maximum absolute atomic E-state index is 12.5. The van der Waals surface area contributed by atoms with Crippen LogP contribution in [0.25, 0.3) is 11.0 Å². The third-order valence-electron chi connectivity index (χ3n) is 6.11. The molecule has 1 saturated heterocycles. The number of nitrogens with zero attached hydrogens (tertiary/aromatic N) is 1. The van der Waals surface area contributed by atoms with Gasteiger partial charge in [0.05, 0.1) is 11.8 Å². The molecule has 2 heterocycles. The summed E-state index contributed by atoms with van der Waals surface area (Å²) in [5, 5.41) is 0.701. The highest BCUT2D eigenvalue weighted by atomic mass is 16.5. The van der Waals surface area contributed by atoms with Crippen LogP contribution in [-0.2, 0) is 25.7 Å². The van der Waals surface area contributed by atoms with Crippen molar-refractivity contribution in [2.75, 3.05) is 6.54 Å². The highest BCUT2D eigenvalue weighted by Crippen LogP contribution is 2.35. The average Bonchev–Trinajstić information content (AvgIpc) is 2.96. The zero-order valence-electron chi connectivity index (χ0n) is 17.8. The Morgan fingerprint density at radius 3 is 2.35 bits per heavy atom. The van der Waals surface area contributed by atoms with Crippen LogP contribution < -0.4 is 5.63 Å². The van der Waals surface area contributed by atoms with E-state index in [4.69, 9.17) is 9.15 Å². The van der Waals surface area contributed by atoms with Crippen molar-refractivity contribution < 1.29 is 23.5 Å². The second kappa shape index (κ2) is 8.13. The van der Waals surface area contributed by atoms with Crippen molar-refractivity contribution in [3.05, 3.63) is 57.5 Å². The number of hydrogen-bond acceptors (Lipinski definition) is 6. The Bertz CT molecular complexity index is 1130. The Balaban J connectivity index is 1.51. The summed E-state index contributed by atoms with van der Waals surface area (Å²) in [4.78, 5) is 50.5. The molecular formula is C24H25NO6. The molecule has 2 aromatic rings. The summed E-state index contributed by atoms with van der Waals surface area (Å²) < 4.78 is 10.7. The number of esters is 1. The summed E-state index contributed by atoms with van der Waals surface area (Å²) in [7, 11) is 0. The lowest BCUT2D eigenvalue weighted by Gasteiger charge is -2.15. The second-order valence-electron chi connectivity index (χ2n) is 8.53. The second-order valence-corrected chi connectivity index (χ2v) is 8.53. The Kier molecular flexibility index (Phi) is 5.52. The van der Waals surface area contributed by atoms with Crippen LogP contribution >= 0.6 is 0 Å². The van der Waals surface area contributed by atoms with Crippen molar-refractivity contribution >= 4 is 28.8 Å². The molecule has 0 bridgehead atoms. The van der Waals surface area contributed by atoms with E-state index in [1.807, 2.05) is 31.2 Å². The Morgan fingerprint density at radius 2 is 1.74 bits per heavy atom. The van der Waals surface area contributed by atoms with Crippen LogP contribution in [-0.4, -0.2) is 29.2 Å². The van der Waals surface area contributed by atoms with E-state index in [1.54, 1.807) is 0 Å². The number of ether oxygens (including phenoxy) is 1. The third-order valence-corrected chi connectivity index (χ3v) is 6.11. The first kappa shape index (κ1) is 21.0. The molecule has 1 aliphatic carbocycles. The summed E-state index contributed by atoms with van der Waals surface area (Å²) in [5.41, 5.74) is 2.55. The van der Waals surface area contributed by atoms with Gasteiger partial charge in [0.25, 0.3) is 0 Å². The summed E-state index contributed by atoms with van der Waals surface area (Å²) in [6.45, 7) is 5.54. The predicted octanol–water partition coefficient (Wildman–Crippen LogP) is 3.22. The van der Waals surface area contributed by atoms with E-state index in [9.17, 15) is 19.2 Å². The average molecular weight is 423 g/mol. The maximum Gasteiger partial charge on any atom is 0.336 e. The van der Waals surface area contributed by atoms with Gasteiger partial charge in [-0.05, 0) is 48.9 Å². The molecule has 7 heteroatoms. The number of allylic oxidation sites excluding steroid dienone is 2. The summed E-state index contributed by atoms with van der Waals surface area (Å²) in [6.07, 6.45) is 4.83. The largest absolute Gasteiger partial charge is 0.459 e. The summed E-state index contributed by atoms with van der Waals surface area (Å²) in [5.74, 6) is -1.82. The molecule has 1 aromatic carbocycles. The fourth-order valence-corrected chi connectivity index (χ4v) is 4.49. The van der Waals surface area contributed by atoms with Gasteiger partial charge in [0, 0.05) is 17.0 Å². The van der Waals surface area contributed by atoms with Crippen LogP contribution in [0.2, 0.25) is 0 Å². The summed E-state index contributed by atoms with van der Waals surface area (Å²) >= 11 is 0. The molecule has 4 rings (SSSR count). The number of benzene rings is 1. The number of aryl methyl sites for hydroxylation is 1. The van der Waals surface area contributed by atoms with Gasteiger partial charge in [-0.15, -0.1) is 0 Å². The molecule has 7 nitrogen and oxygen atoms in total. The molecule has 1 aromatic heterocycles. The molecule has 2 aliphatic rings. The number of amides is 2. The van der Waals surface area contributed by atoms with Crippen molar-refractivity contribution in [2.45, 2.75) is 46.1 Å². The van der Waals surface area contributed by atoms with Gasteiger partial charge in [0.2, 0.25) is 11.8 Å². The molecule has 1 fully saturated rings. The Labute approximate surface area is 179 Å². The Morgan fingerprint density at radius 1 is 1.10 bits per heavy atom. The van der Waals surface area contributed by atoms with Crippen LogP contribution in [0.3, 0.4) is 0 Å². The first-order valence-corrected chi connectivity index (χ1v) is 10.5. The lowest BCUT2D eigenvalue weighted by molar-refractivity contribution is -0.153. The van der Waals surface area contributed by atoms with Gasteiger partial charge in [-0.1, -0.05) is 26.0 Å². The van der Waals surface area contributed by atoms with Crippen molar-refractivity contribution in [1.82, 2.24) is 4.90 Å². The van der Waals surface area contributed by atoms with Crippen molar-refractivity contribution in [1.29, 1.82) is 0 Å². The van der Waals surface area contributed by atoms with Gasteiger partial charge in [0.15, 0.2) is 0 Å². The molecule has 0 saturated carbocycles. The zero-order chi connectivity index (χ0) is 22.3. The first-order valence-electron chi connectivity index (χ1n) is 10.5. The third kappa shape index (κ3) is 3.92. The van der Waals surface area contributed by atoms with Crippen molar-refractivity contribution in [3.63, 3.8) is 0 Å². The molecule has 1 aliphatic heterocycles. The molecule has 2 atom stereocenters. The number of hydrogen-bond donors (Lipinski definition) is 0. The van der Waals surface area contributed by atoms with Gasteiger partial charge in [-0.3, -0.25) is 19.3 Å². The minimum atomic E-state index is -0.689. The standard InChI is InChI=1S/C24H25NO6/c1-13(2)18-10-19-15(9-21(26)31-20(19)8-14(18)3)12-30-22(27)11-25-23(28)16-6-4-5-7-17(16)24(25)29/h4-5,8-10,13,16-17H,6-7,11-12H2,1-3H3/t16-,17+. The molecule has 0 N–H and O–H groups in total. The molecule has 0 spiro atoms. The van der Waals surface area contributed by atoms with Gasteiger partial charge >= 0.3 is 11.6 Å². The predicted molar refractivity (Wildman–Crippen MR) is 113 cm³/mol. The van der Waals surface area contributed by atoms with E-state index in [-0.39, 0.29) is 36.2 Å². The minimum Gasteiger partial charge on any atom is -0.459 e. The molecule has 0 unspecified atom stereocenters. The highest BCUT2D eigenvalue weighted by Gasteiger charge is 2.47. The quantitative estimate of drug-likeness (QED) is 0.317. The molecule has 2 amide bonds. The maximum atomic E-state index is 12.5. The summed E-state index contributed by atoms with van der Waals surface area (Å²) in [6, 6.07) is 5.07. The van der Waals surface area contributed by atoms with Crippen molar-refractivity contribution in [2.24, 2.45) is 11.8 Å². The van der Waals surface area contributed by atoms with Gasteiger partial charge in [-0.2, -0.15) is 0 Å². The fourth-order valence-electron chi connectivity index (χ4n) is 4.49. The smallest absolute Gasteiger partial charge is 0.336 e. The number of carbonyl (C=O) groups excluding carboxylic acids is 3. The molecule has 0 radical (unpaired) electrons. The lowest BCUT2D eigenvalue weighted by Crippen LogP contribution is -2.36. The van der Waals surface area contributed by atoms with Crippen LogP contribution in [0.4, 0.5) is 0 Å². The molecular weight excluding hydrogens is 398 g/mol. The zero-order valence-corrected chi connectivity index (χ0v) is 17.8. The number of fused-ring (bicyclic) bond motifs is 2. The van der Waals surface area contributed by atoms with Crippen LogP contribution in [0.1, 0.15) is 49.3 Å². The number of likely N-dealkylation sites (tertiary alicyclic amines) is 1. The van der Waals surface area contributed by atoms with Crippen molar-refractivity contribution in [3.8, 4) is 0 Å². The topological polar surface area (TPSA) is 93.9 Å². The number of imide groups is 1. The van der Waals surface area contributed by atoms with Gasteiger partial charge < -0.3 is 9.15 Å². The minimum absolute atomic E-state index is 0.147. The van der Waals surface area contributed by atoms with Crippen LogP contribution in [0, 0.1) is 18.8 Å².